The number of ether oxygens (including phenoxy) is 1. The van der Waals surface area contributed by atoms with Crippen LogP contribution in [0.25, 0.3) is 11.3 Å². The Morgan fingerprint density at radius 3 is 2.95 bits per heavy atom. The van der Waals surface area contributed by atoms with Gasteiger partial charge < -0.3 is 10.1 Å². The maximum atomic E-state index is 6.08. The van der Waals surface area contributed by atoms with Crippen molar-refractivity contribution < 1.29 is 4.74 Å². The highest BCUT2D eigenvalue weighted by atomic mass is 35.5. The highest BCUT2D eigenvalue weighted by molar-refractivity contribution is 6.31. The summed E-state index contributed by atoms with van der Waals surface area (Å²) in [6, 6.07) is 13.8. The Hall–Kier alpha value is -2.46. The molecule has 0 bridgehead atoms. The Bertz CT molecular complexity index is 857. The lowest BCUT2D eigenvalue weighted by molar-refractivity contribution is 0.417. The number of nitrogens with one attached hydrogen (secondary N) is 2. The van der Waals surface area contributed by atoms with Crippen LogP contribution >= 0.6 is 11.6 Å². The van der Waals surface area contributed by atoms with Gasteiger partial charge in [0.05, 0.1) is 18.5 Å². The normalized spacial score (nSPS) is 11.9. The number of nitrogens with zero attached hydrogens (tertiary/aromatic N) is 1. The van der Waals surface area contributed by atoms with Crippen molar-refractivity contribution in [3.8, 4) is 17.0 Å². The van der Waals surface area contributed by atoms with E-state index in [0.29, 0.717) is 5.02 Å². The molecule has 0 saturated heterocycles. The Balaban J connectivity index is 1.72. The van der Waals surface area contributed by atoms with E-state index < -0.39 is 0 Å². The summed E-state index contributed by atoms with van der Waals surface area (Å²) in [6.45, 7) is 0. The van der Waals surface area contributed by atoms with E-state index in [4.69, 9.17) is 16.3 Å². The summed E-state index contributed by atoms with van der Waals surface area (Å²) in [6.07, 6.45) is 0.868. The third-order valence-corrected chi connectivity index (χ3v) is 4.17. The number of anilines is 2. The first-order chi connectivity index (χ1) is 10.8. The maximum Gasteiger partial charge on any atom is 0.156 e. The lowest BCUT2D eigenvalue weighted by Gasteiger charge is -2.10. The van der Waals surface area contributed by atoms with Crippen molar-refractivity contribution in [1.29, 1.82) is 0 Å². The fraction of sp³-hybridized carbons (Fsp3) is 0.118. The fourth-order valence-corrected chi connectivity index (χ4v) is 3.05. The molecule has 5 heteroatoms. The predicted molar refractivity (Wildman–Crippen MR) is 88.1 cm³/mol. The summed E-state index contributed by atoms with van der Waals surface area (Å²) >= 11 is 6.08. The monoisotopic (exact) mass is 311 g/mol. The molecule has 0 radical (unpaired) electrons. The quantitative estimate of drug-likeness (QED) is 0.590. The van der Waals surface area contributed by atoms with Gasteiger partial charge in [0.25, 0.3) is 0 Å². The van der Waals surface area contributed by atoms with Crippen molar-refractivity contribution in [2.24, 2.45) is 0 Å². The molecule has 4 rings (SSSR count). The Labute approximate surface area is 133 Å². The molecule has 3 aromatic rings. The number of hydrogen-bond acceptors (Lipinski definition) is 3. The molecule has 0 spiro atoms. The first-order valence-corrected chi connectivity index (χ1v) is 7.40. The smallest absolute Gasteiger partial charge is 0.156 e. The van der Waals surface area contributed by atoms with Gasteiger partial charge in [-0.2, -0.15) is 5.10 Å². The number of rotatable bonds is 3. The highest BCUT2D eigenvalue weighted by Gasteiger charge is 2.24. The second-order valence-corrected chi connectivity index (χ2v) is 5.67. The Kier molecular flexibility index (Phi) is 3.05. The fourth-order valence-electron chi connectivity index (χ4n) is 2.88. The van der Waals surface area contributed by atoms with Crippen LogP contribution in [-0.4, -0.2) is 17.3 Å². The van der Waals surface area contributed by atoms with Gasteiger partial charge in [-0.25, -0.2) is 0 Å². The van der Waals surface area contributed by atoms with Gasteiger partial charge in [0.2, 0.25) is 0 Å². The van der Waals surface area contributed by atoms with Gasteiger partial charge in [-0.15, -0.1) is 0 Å². The number of H-pyrrole nitrogens is 1. The summed E-state index contributed by atoms with van der Waals surface area (Å²) < 4.78 is 5.37. The van der Waals surface area contributed by atoms with E-state index in [1.54, 1.807) is 13.2 Å². The standard InChI is InChI=1S/C17H14ClN3O/c1-22-15-7-6-11(18)9-14(15)19-17-13-8-10-4-2-3-5-12(10)16(13)20-21-17/h2-7,9H,8H2,1H3,(H2,19,20,21). The largest absolute Gasteiger partial charge is 0.495 e. The number of hydrogen-bond donors (Lipinski definition) is 2. The van der Waals surface area contributed by atoms with Gasteiger partial charge in [0.15, 0.2) is 5.82 Å². The van der Waals surface area contributed by atoms with Crippen LogP contribution in [0.5, 0.6) is 5.75 Å². The van der Waals surface area contributed by atoms with E-state index in [1.165, 1.54) is 16.7 Å². The summed E-state index contributed by atoms with van der Waals surface area (Å²) in [7, 11) is 1.64. The van der Waals surface area contributed by atoms with Gasteiger partial charge in [-0.3, -0.25) is 5.10 Å². The van der Waals surface area contributed by atoms with Gasteiger partial charge in [0, 0.05) is 22.6 Å². The minimum Gasteiger partial charge on any atom is -0.495 e. The molecule has 2 aromatic carbocycles. The van der Waals surface area contributed by atoms with E-state index in [0.717, 1.165) is 29.4 Å². The van der Waals surface area contributed by atoms with E-state index in [2.05, 4.69) is 33.7 Å². The molecule has 1 aliphatic rings. The molecule has 1 aliphatic carbocycles. The number of aromatic amines is 1. The average molecular weight is 312 g/mol. The van der Waals surface area contributed by atoms with Gasteiger partial charge in [-0.05, 0) is 23.8 Å². The average Bonchev–Trinajstić information content (AvgIpc) is 3.08. The molecule has 0 atom stereocenters. The Morgan fingerprint density at radius 2 is 2.09 bits per heavy atom. The summed E-state index contributed by atoms with van der Waals surface area (Å²) in [5.41, 5.74) is 5.59. The van der Waals surface area contributed by atoms with Crippen LogP contribution in [-0.2, 0) is 6.42 Å². The molecular formula is C17H14ClN3O. The number of aromatic nitrogens is 2. The molecule has 0 amide bonds. The molecule has 1 heterocycles. The topological polar surface area (TPSA) is 49.9 Å². The zero-order valence-electron chi connectivity index (χ0n) is 12.0. The summed E-state index contributed by atoms with van der Waals surface area (Å²) in [5.74, 6) is 1.54. The first-order valence-electron chi connectivity index (χ1n) is 7.02. The molecule has 110 valence electrons. The van der Waals surface area contributed by atoms with Crippen LogP contribution in [0, 0.1) is 0 Å². The first kappa shape index (κ1) is 13.2. The van der Waals surface area contributed by atoms with Crippen LogP contribution in [0.3, 0.4) is 0 Å². The van der Waals surface area contributed by atoms with Gasteiger partial charge >= 0.3 is 0 Å². The number of fused-ring (bicyclic) bond motifs is 3. The van der Waals surface area contributed by atoms with Crippen molar-refractivity contribution in [2.75, 3.05) is 12.4 Å². The van der Waals surface area contributed by atoms with Gasteiger partial charge in [-0.1, -0.05) is 35.9 Å². The molecular weight excluding hydrogens is 298 g/mol. The van der Waals surface area contributed by atoms with Crippen LogP contribution in [0.15, 0.2) is 42.5 Å². The molecule has 0 saturated carbocycles. The second-order valence-electron chi connectivity index (χ2n) is 5.23. The lowest BCUT2D eigenvalue weighted by atomic mass is 10.1. The minimum absolute atomic E-state index is 0.652. The van der Waals surface area contributed by atoms with Crippen LogP contribution in [0.2, 0.25) is 5.02 Å². The summed E-state index contributed by atoms with van der Waals surface area (Å²) in [4.78, 5) is 0. The molecule has 22 heavy (non-hydrogen) atoms. The highest BCUT2D eigenvalue weighted by Crippen LogP contribution is 2.40. The van der Waals surface area contributed by atoms with Crippen molar-refractivity contribution in [2.45, 2.75) is 6.42 Å². The molecule has 0 aliphatic heterocycles. The number of halogens is 1. The summed E-state index contributed by atoms with van der Waals surface area (Å²) in [5, 5.41) is 11.5. The van der Waals surface area contributed by atoms with Crippen molar-refractivity contribution in [3.05, 3.63) is 58.6 Å². The molecule has 2 N–H and O–H groups in total. The zero-order chi connectivity index (χ0) is 15.1. The molecule has 4 nitrogen and oxygen atoms in total. The second kappa shape index (κ2) is 5.07. The molecule has 1 aromatic heterocycles. The van der Waals surface area contributed by atoms with Crippen LogP contribution in [0.1, 0.15) is 11.1 Å². The molecule has 0 fully saturated rings. The van der Waals surface area contributed by atoms with Crippen molar-refractivity contribution >= 4 is 23.1 Å². The van der Waals surface area contributed by atoms with Crippen molar-refractivity contribution in [1.82, 2.24) is 10.2 Å². The predicted octanol–water partition coefficient (Wildman–Crippen LogP) is 4.39. The van der Waals surface area contributed by atoms with Crippen LogP contribution < -0.4 is 10.1 Å². The number of methoxy groups -OCH3 is 1. The molecule has 0 unspecified atom stereocenters. The van der Waals surface area contributed by atoms with E-state index in [9.17, 15) is 0 Å². The zero-order valence-corrected chi connectivity index (χ0v) is 12.7. The van der Waals surface area contributed by atoms with E-state index >= 15 is 0 Å². The van der Waals surface area contributed by atoms with E-state index in [1.807, 2.05) is 18.2 Å². The number of benzene rings is 2. The lowest BCUT2D eigenvalue weighted by Crippen LogP contribution is -1.97. The van der Waals surface area contributed by atoms with E-state index in [-0.39, 0.29) is 0 Å². The third-order valence-electron chi connectivity index (χ3n) is 3.94. The third kappa shape index (κ3) is 2.04. The van der Waals surface area contributed by atoms with Crippen LogP contribution in [0.4, 0.5) is 11.5 Å². The minimum atomic E-state index is 0.652. The maximum absolute atomic E-state index is 6.08. The SMILES string of the molecule is COc1ccc(Cl)cc1Nc1n[nH]c2c1Cc1ccccc1-2. The Morgan fingerprint density at radius 1 is 1.23 bits per heavy atom. The van der Waals surface area contributed by atoms with Gasteiger partial charge in [0.1, 0.15) is 5.75 Å². The van der Waals surface area contributed by atoms with Crippen molar-refractivity contribution in [3.63, 3.8) is 0 Å².